The summed E-state index contributed by atoms with van der Waals surface area (Å²) < 4.78 is 4.87. The SMILES string of the molecule is N#Cc1ccc(-c2ccc(-c3ccc(-c4ccc(-c5cc6c7cc8ccccc8cc7sc6c6nc7c8ccc9ccccc9c8ccc7n56)cc4)c4ccccc34)cc2)cc1. The van der Waals surface area contributed by atoms with Crippen LogP contribution in [0.3, 0.4) is 0 Å². The third-order valence-corrected chi connectivity index (χ3v) is 14.0. The molecular formula is C58H33N3S. The first kappa shape index (κ1) is 34.7. The average molecular weight is 804 g/mol. The normalized spacial score (nSPS) is 11.9. The molecule has 0 atom stereocenters. The largest absolute Gasteiger partial charge is 0.291 e. The van der Waals surface area contributed by atoms with Gasteiger partial charge in [-0.15, -0.1) is 11.3 Å². The highest BCUT2D eigenvalue weighted by Gasteiger charge is 2.20. The van der Waals surface area contributed by atoms with Crippen molar-refractivity contribution >= 4 is 91.3 Å². The zero-order chi connectivity index (χ0) is 40.9. The van der Waals surface area contributed by atoms with Crippen molar-refractivity contribution in [1.29, 1.82) is 5.26 Å². The average Bonchev–Trinajstić information content (AvgIpc) is 3.91. The Labute approximate surface area is 360 Å². The van der Waals surface area contributed by atoms with Crippen LogP contribution >= 0.6 is 11.3 Å². The van der Waals surface area contributed by atoms with Crippen molar-refractivity contribution < 1.29 is 0 Å². The fourth-order valence-electron chi connectivity index (χ4n) is 9.75. The molecule has 62 heavy (non-hydrogen) atoms. The van der Waals surface area contributed by atoms with Gasteiger partial charge in [0, 0.05) is 20.9 Å². The molecule has 0 aliphatic rings. The zero-order valence-electron chi connectivity index (χ0n) is 33.3. The molecule has 0 amide bonds. The molecule has 0 spiro atoms. The maximum Gasteiger partial charge on any atom is 0.156 e. The highest BCUT2D eigenvalue weighted by Crippen LogP contribution is 2.44. The molecule has 0 fully saturated rings. The number of pyridine rings is 1. The highest BCUT2D eigenvalue weighted by atomic mass is 32.1. The molecule has 3 heterocycles. The maximum absolute atomic E-state index is 9.23. The number of hydrogen-bond acceptors (Lipinski definition) is 3. The first-order valence-electron chi connectivity index (χ1n) is 20.9. The topological polar surface area (TPSA) is 41.1 Å². The monoisotopic (exact) mass is 803 g/mol. The van der Waals surface area contributed by atoms with Gasteiger partial charge < -0.3 is 0 Å². The molecule has 0 unspecified atom stereocenters. The quantitative estimate of drug-likeness (QED) is 0.166. The molecule has 0 bridgehead atoms. The van der Waals surface area contributed by atoms with Crippen LogP contribution in [0.4, 0.5) is 0 Å². The summed E-state index contributed by atoms with van der Waals surface area (Å²) in [5.74, 6) is 0. The minimum Gasteiger partial charge on any atom is -0.291 e. The first-order chi connectivity index (χ1) is 30.7. The summed E-state index contributed by atoms with van der Waals surface area (Å²) in [7, 11) is 0. The van der Waals surface area contributed by atoms with Gasteiger partial charge in [0.1, 0.15) is 0 Å². The number of nitrogens with zero attached hydrogens (tertiary/aromatic N) is 3. The number of thiophene rings is 1. The van der Waals surface area contributed by atoms with Gasteiger partial charge in [-0.2, -0.15) is 5.26 Å². The van der Waals surface area contributed by atoms with Crippen LogP contribution in [0.25, 0.3) is 125 Å². The van der Waals surface area contributed by atoms with E-state index in [9.17, 15) is 5.26 Å². The zero-order valence-corrected chi connectivity index (χ0v) is 34.1. The second kappa shape index (κ2) is 13.5. The lowest BCUT2D eigenvalue weighted by molar-refractivity contribution is 1.25. The van der Waals surface area contributed by atoms with Gasteiger partial charge in [-0.25, -0.2) is 4.98 Å². The molecular weight excluding hydrogens is 771 g/mol. The van der Waals surface area contributed by atoms with E-state index in [0.717, 1.165) is 39.1 Å². The lowest BCUT2D eigenvalue weighted by Gasteiger charge is -2.14. The Bertz CT molecular complexity index is 4020. The van der Waals surface area contributed by atoms with Crippen LogP contribution < -0.4 is 0 Å². The van der Waals surface area contributed by atoms with Gasteiger partial charge in [-0.05, 0) is 113 Å². The molecule has 13 rings (SSSR count). The smallest absolute Gasteiger partial charge is 0.156 e. The minimum atomic E-state index is 0.668. The van der Waals surface area contributed by atoms with Crippen molar-refractivity contribution in [2.75, 3.05) is 0 Å². The van der Waals surface area contributed by atoms with Gasteiger partial charge in [-0.1, -0.05) is 164 Å². The number of nitriles is 1. The molecule has 0 saturated heterocycles. The van der Waals surface area contributed by atoms with E-state index in [-0.39, 0.29) is 0 Å². The molecule has 0 aliphatic heterocycles. The fraction of sp³-hybridized carbons (Fsp3) is 0. The summed E-state index contributed by atoms with van der Waals surface area (Å²) in [6, 6.07) is 74.5. The van der Waals surface area contributed by atoms with Gasteiger partial charge in [0.15, 0.2) is 5.65 Å². The van der Waals surface area contributed by atoms with Gasteiger partial charge >= 0.3 is 0 Å². The summed E-state index contributed by atoms with van der Waals surface area (Å²) in [5.41, 5.74) is 13.0. The van der Waals surface area contributed by atoms with Gasteiger partial charge in [0.2, 0.25) is 0 Å². The molecule has 3 aromatic heterocycles. The molecule has 13 aromatic rings. The summed E-state index contributed by atoms with van der Waals surface area (Å²) >= 11 is 1.84. The van der Waals surface area contributed by atoms with Crippen LogP contribution in [-0.2, 0) is 0 Å². The van der Waals surface area contributed by atoms with Crippen LogP contribution in [0.15, 0.2) is 200 Å². The van der Waals surface area contributed by atoms with E-state index in [1.54, 1.807) is 0 Å². The molecule has 0 aliphatic carbocycles. The summed E-state index contributed by atoms with van der Waals surface area (Å²) in [5, 5.41) is 21.5. The maximum atomic E-state index is 9.23. The first-order valence-corrected chi connectivity index (χ1v) is 21.7. The predicted molar refractivity (Wildman–Crippen MR) is 262 cm³/mol. The van der Waals surface area contributed by atoms with E-state index in [0.29, 0.717) is 5.56 Å². The summed E-state index contributed by atoms with van der Waals surface area (Å²) in [6.07, 6.45) is 0. The third kappa shape index (κ3) is 5.26. The van der Waals surface area contributed by atoms with E-state index in [2.05, 4.69) is 186 Å². The standard InChI is InChI=1S/C58H33N3S/c59-34-35-13-15-36(16-14-35)37-17-19-39(20-18-37)45-27-28-46(48-12-6-5-11-47(45)48)40-21-23-41(24-22-40)54-33-52-51-31-42-8-1-2-9-43(42)32-55(51)62-57(52)58-60-56-50-26-25-38-7-3-4-10-44(38)49(50)29-30-53(56)61(54)58/h1-33H. The molecule has 3 nitrogen and oxygen atoms in total. The third-order valence-electron chi connectivity index (χ3n) is 12.8. The Kier molecular flexibility index (Phi) is 7.54. The van der Waals surface area contributed by atoms with Crippen molar-refractivity contribution in [3.63, 3.8) is 0 Å². The second-order valence-electron chi connectivity index (χ2n) is 16.2. The fourth-order valence-corrected chi connectivity index (χ4v) is 10.9. The Morgan fingerprint density at radius 1 is 0.419 bits per heavy atom. The second-order valence-corrected chi connectivity index (χ2v) is 17.3. The number of fused-ring (bicyclic) bond motifs is 13. The van der Waals surface area contributed by atoms with Crippen LogP contribution in [0, 0.1) is 11.3 Å². The number of rotatable bonds is 4. The van der Waals surface area contributed by atoms with E-state index in [1.807, 2.05) is 35.6 Å². The number of hydrogen-bond donors (Lipinski definition) is 0. The van der Waals surface area contributed by atoms with Gasteiger partial charge in [-0.3, -0.25) is 4.40 Å². The number of imidazole rings is 1. The van der Waals surface area contributed by atoms with Crippen LogP contribution in [0.1, 0.15) is 5.56 Å². The minimum absolute atomic E-state index is 0.668. The van der Waals surface area contributed by atoms with Crippen molar-refractivity contribution in [1.82, 2.24) is 9.38 Å². The van der Waals surface area contributed by atoms with Gasteiger partial charge in [0.25, 0.3) is 0 Å². The molecule has 0 N–H and O–H groups in total. The van der Waals surface area contributed by atoms with Crippen molar-refractivity contribution in [2.45, 2.75) is 0 Å². The van der Waals surface area contributed by atoms with Crippen molar-refractivity contribution in [3.05, 3.63) is 206 Å². The van der Waals surface area contributed by atoms with Crippen molar-refractivity contribution in [3.8, 4) is 50.7 Å². The predicted octanol–water partition coefficient (Wildman–Crippen LogP) is 16.0. The number of aromatic nitrogens is 2. The van der Waals surface area contributed by atoms with E-state index >= 15 is 0 Å². The van der Waals surface area contributed by atoms with E-state index < -0.39 is 0 Å². The highest BCUT2D eigenvalue weighted by molar-refractivity contribution is 7.26. The molecule has 4 heteroatoms. The van der Waals surface area contributed by atoms with Crippen LogP contribution in [-0.4, -0.2) is 9.38 Å². The van der Waals surface area contributed by atoms with Crippen LogP contribution in [0.5, 0.6) is 0 Å². The van der Waals surface area contributed by atoms with Crippen LogP contribution in [0.2, 0.25) is 0 Å². The molecule has 286 valence electrons. The molecule has 10 aromatic carbocycles. The lowest BCUT2D eigenvalue weighted by Crippen LogP contribution is -1.93. The lowest BCUT2D eigenvalue weighted by atomic mass is 9.91. The Morgan fingerprint density at radius 2 is 0.984 bits per heavy atom. The Balaban J connectivity index is 0.964. The summed E-state index contributed by atoms with van der Waals surface area (Å²) in [6.45, 7) is 0. The molecule has 0 radical (unpaired) electrons. The number of benzene rings is 10. The Morgan fingerprint density at radius 3 is 1.66 bits per heavy atom. The summed E-state index contributed by atoms with van der Waals surface area (Å²) in [4.78, 5) is 5.55. The van der Waals surface area contributed by atoms with Gasteiger partial charge in [0.05, 0.1) is 33.1 Å². The van der Waals surface area contributed by atoms with E-state index in [1.165, 1.54) is 85.5 Å². The van der Waals surface area contributed by atoms with E-state index in [4.69, 9.17) is 4.98 Å². The Hall–Kier alpha value is -8.10. The van der Waals surface area contributed by atoms with Crippen molar-refractivity contribution in [2.24, 2.45) is 0 Å². The molecule has 0 saturated carbocycles.